The Hall–Kier alpha value is -2.49. The molecular weight excluding hydrogens is 290 g/mol. The van der Waals surface area contributed by atoms with Gasteiger partial charge in [0.2, 0.25) is 0 Å². The molecule has 1 aliphatic heterocycles. The molecule has 0 unspecified atom stereocenters. The third-order valence-electron chi connectivity index (χ3n) is 4.55. The van der Waals surface area contributed by atoms with E-state index in [-0.39, 0.29) is 5.91 Å². The van der Waals surface area contributed by atoms with E-state index in [0.717, 1.165) is 48.4 Å². The number of hydrogen-bond acceptors (Lipinski definition) is 3. The molecule has 1 heterocycles. The van der Waals surface area contributed by atoms with Crippen molar-refractivity contribution in [3.05, 3.63) is 53.6 Å². The van der Waals surface area contributed by atoms with E-state index in [1.807, 2.05) is 49.4 Å². The molecule has 0 radical (unpaired) electrons. The third kappa shape index (κ3) is 2.54. The highest BCUT2D eigenvalue weighted by Crippen LogP contribution is 2.47. The van der Waals surface area contributed by atoms with E-state index in [0.29, 0.717) is 5.56 Å². The van der Waals surface area contributed by atoms with Crippen LogP contribution in [0.4, 0.5) is 5.69 Å². The van der Waals surface area contributed by atoms with Gasteiger partial charge in [0.05, 0.1) is 0 Å². The van der Waals surface area contributed by atoms with Crippen LogP contribution in [0.25, 0.3) is 0 Å². The second-order valence-electron chi connectivity index (χ2n) is 6.25. The van der Waals surface area contributed by atoms with E-state index >= 15 is 0 Å². The van der Waals surface area contributed by atoms with Gasteiger partial charge < -0.3 is 14.8 Å². The first-order chi connectivity index (χ1) is 11.2. The van der Waals surface area contributed by atoms with Gasteiger partial charge in [-0.05, 0) is 43.5 Å². The largest absolute Gasteiger partial charge is 0.448 e. The number of amides is 1. The molecule has 23 heavy (non-hydrogen) atoms. The summed E-state index contributed by atoms with van der Waals surface area (Å²) in [6.45, 7) is 1.93. The van der Waals surface area contributed by atoms with Crippen LogP contribution in [0.3, 0.4) is 0 Å². The summed E-state index contributed by atoms with van der Waals surface area (Å²) in [7, 11) is 0. The number of nitrogens with one attached hydrogen (secondary N) is 1. The minimum Gasteiger partial charge on any atom is -0.448 e. The van der Waals surface area contributed by atoms with E-state index in [1.165, 1.54) is 0 Å². The van der Waals surface area contributed by atoms with Crippen LogP contribution in [0.1, 0.15) is 41.6 Å². The van der Waals surface area contributed by atoms with Crippen LogP contribution in [-0.2, 0) is 0 Å². The quantitative estimate of drug-likeness (QED) is 0.900. The summed E-state index contributed by atoms with van der Waals surface area (Å²) < 4.78 is 12.0. The van der Waals surface area contributed by atoms with Crippen LogP contribution in [0.5, 0.6) is 11.5 Å². The highest BCUT2D eigenvalue weighted by atomic mass is 16.7. The lowest BCUT2D eigenvalue weighted by atomic mass is 10.1. The van der Waals surface area contributed by atoms with Gasteiger partial charge in [-0.15, -0.1) is 0 Å². The van der Waals surface area contributed by atoms with Crippen LogP contribution in [0.2, 0.25) is 0 Å². The Morgan fingerprint density at radius 1 is 1.04 bits per heavy atom. The van der Waals surface area contributed by atoms with Gasteiger partial charge in [0, 0.05) is 30.2 Å². The number of hydrogen-bond donors (Lipinski definition) is 1. The Morgan fingerprint density at radius 2 is 1.78 bits per heavy atom. The second kappa shape index (κ2) is 5.30. The van der Waals surface area contributed by atoms with E-state index in [2.05, 4.69) is 5.32 Å². The SMILES string of the molecule is Cc1ccccc1C(=O)Nc1ccc2c(c1)OC1(CCCC1)O2. The van der Waals surface area contributed by atoms with Gasteiger partial charge in [-0.3, -0.25) is 4.79 Å². The average Bonchev–Trinajstić information content (AvgIpc) is 3.13. The molecule has 0 saturated heterocycles. The summed E-state index contributed by atoms with van der Waals surface area (Å²) in [6.07, 6.45) is 4.11. The van der Waals surface area contributed by atoms with E-state index in [4.69, 9.17) is 9.47 Å². The maximum atomic E-state index is 12.4. The number of fused-ring (bicyclic) bond motifs is 1. The van der Waals surface area contributed by atoms with Crippen molar-refractivity contribution in [2.75, 3.05) is 5.32 Å². The fourth-order valence-electron chi connectivity index (χ4n) is 3.32. The predicted octanol–water partition coefficient (Wildman–Crippen LogP) is 4.29. The van der Waals surface area contributed by atoms with Crippen LogP contribution < -0.4 is 14.8 Å². The van der Waals surface area contributed by atoms with Gasteiger partial charge in [0.1, 0.15) is 0 Å². The molecule has 1 spiro atoms. The highest BCUT2D eigenvalue weighted by Gasteiger charge is 2.44. The molecule has 1 aliphatic carbocycles. The number of benzene rings is 2. The summed E-state index contributed by atoms with van der Waals surface area (Å²) >= 11 is 0. The van der Waals surface area contributed by atoms with Crippen LogP contribution in [0, 0.1) is 6.92 Å². The summed E-state index contributed by atoms with van der Waals surface area (Å²) in [5, 5.41) is 2.93. The first-order valence-corrected chi connectivity index (χ1v) is 8.04. The van der Waals surface area contributed by atoms with Crippen LogP contribution in [0.15, 0.2) is 42.5 Å². The Kier molecular flexibility index (Phi) is 3.26. The van der Waals surface area contributed by atoms with Crippen molar-refractivity contribution >= 4 is 11.6 Å². The van der Waals surface area contributed by atoms with Crippen molar-refractivity contribution in [1.82, 2.24) is 0 Å². The van der Waals surface area contributed by atoms with Crippen molar-refractivity contribution in [3.63, 3.8) is 0 Å². The number of anilines is 1. The molecule has 1 fully saturated rings. The summed E-state index contributed by atoms with van der Waals surface area (Å²) in [4.78, 5) is 12.4. The van der Waals surface area contributed by atoms with Gasteiger partial charge >= 0.3 is 0 Å². The van der Waals surface area contributed by atoms with Gasteiger partial charge in [0.15, 0.2) is 11.5 Å². The molecule has 0 atom stereocenters. The first-order valence-electron chi connectivity index (χ1n) is 8.04. The van der Waals surface area contributed by atoms with Crippen molar-refractivity contribution in [3.8, 4) is 11.5 Å². The molecule has 4 nitrogen and oxygen atoms in total. The van der Waals surface area contributed by atoms with Crippen molar-refractivity contribution in [1.29, 1.82) is 0 Å². The van der Waals surface area contributed by atoms with Gasteiger partial charge in [-0.1, -0.05) is 18.2 Å². The Labute approximate surface area is 135 Å². The highest BCUT2D eigenvalue weighted by molar-refractivity contribution is 6.05. The normalized spacial score (nSPS) is 17.4. The minimum atomic E-state index is -0.471. The molecule has 4 heteroatoms. The third-order valence-corrected chi connectivity index (χ3v) is 4.55. The molecule has 0 aromatic heterocycles. The fraction of sp³-hybridized carbons (Fsp3) is 0.316. The topological polar surface area (TPSA) is 47.6 Å². The molecular formula is C19H19NO3. The lowest BCUT2D eigenvalue weighted by Gasteiger charge is -2.21. The number of carbonyl (C=O) groups is 1. The van der Waals surface area contributed by atoms with Gasteiger partial charge in [0.25, 0.3) is 11.7 Å². The first kappa shape index (κ1) is 14.1. The van der Waals surface area contributed by atoms with Crippen LogP contribution >= 0.6 is 0 Å². The molecule has 2 aromatic carbocycles. The Bertz CT molecular complexity index is 763. The molecule has 118 valence electrons. The monoisotopic (exact) mass is 309 g/mol. The minimum absolute atomic E-state index is 0.113. The maximum absolute atomic E-state index is 12.4. The van der Waals surface area contributed by atoms with Crippen LogP contribution in [-0.4, -0.2) is 11.7 Å². The number of carbonyl (C=O) groups excluding carboxylic acids is 1. The molecule has 4 rings (SSSR count). The fourth-order valence-corrected chi connectivity index (χ4v) is 3.32. The number of aryl methyl sites for hydroxylation is 1. The standard InChI is InChI=1S/C19H19NO3/c1-13-6-2-3-7-15(13)18(21)20-14-8-9-16-17(12-14)23-19(22-16)10-4-5-11-19/h2-3,6-9,12H,4-5,10-11H2,1H3,(H,20,21). The smallest absolute Gasteiger partial charge is 0.255 e. The summed E-state index contributed by atoms with van der Waals surface area (Å²) in [5.74, 6) is 0.897. The predicted molar refractivity (Wildman–Crippen MR) is 88.0 cm³/mol. The lowest BCUT2D eigenvalue weighted by molar-refractivity contribution is -0.0716. The zero-order valence-corrected chi connectivity index (χ0v) is 13.1. The lowest BCUT2D eigenvalue weighted by Crippen LogP contribution is -2.34. The molecule has 2 aromatic rings. The second-order valence-corrected chi connectivity index (χ2v) is 6.25. The zero-order valence-electron chi connectivity index (χ0n) is 13.1. The zero-order chi connectivity index (χ0) is 15.9. The number of rotatable bonds is 2. The molecule has 1 N–H and O–H groups in total. The van der Waals surface area contributed by atoms with E-state index < -0.39 is 5.79 Å². The van der Waals surface area contributed by atoms with Crippen molar-refractivity contribution < 1.29 is 14.3 Å². The summed E-state index contributed by atoms with van der Waals surface area (Å²) in [5.41, 5.74) is 2.35. The molecule has 1 amide bonds. The Balaban J connectivity index is 1.54. The maximum Gasteiger partial charge on any atom is 0.255 e. The van der Waals surface area contributed by atoms with E-state index in [1.54, 1.807) is 0 Å². The van der Waals surface area contributed by atoms with Crippen molar-refractivity contribution in [2.24, 2.45) is 0 Å². The van der Waals surface area contributed by atoms with Gasteiger partial charge in [-0.25, -0.2) is 0 Å². The Morgan fingerprint density at radius 3 is 2.57 bits per heavy atom. The van der Waals surface area contributed by atoms with Gasteiger partial charge in [-0.2, -0.15) is 0 Å². The molecule has 0 bridgehead atoms. The van der Waals surface area contributed by atoms with E-state index in [9.17, 15) is 4.79 Å². The average molecular weight is 309 g/mol. The van der Waals surface area contributed by atoms with Crippen molar-refractivity contribution in [2.45, 2.75) is 38.4 Å². The molecule has 1 saturated carbocycles. The number of ether oxygens (including phenoxy) is 2. The summed E-state index contributed by atoms with van der Waals surface area (Å²) in [6, 6.07) is 13.1. The molecule has 2 aliphatic rings.